The zero-order valence-electron chi connectivity index (χ0n) is 16.4. The van der Waals surface area contributed by atoms with Gasteiger partial charge in [-0.3, -0.25) is 4.79 Å². The normalized spacial score (nSPS) is 11.2. The third-order valence-corrected chi connectivity index (χ3v) is 6.58. The van der Waals surface area contributed by atoms with E-state index in [1.165, 1.54) is 28.3 Å². The van der Waals surface area contributed by atoms with Crippen molar-refractivity contribution in [2.45, 2.75) is 32.0 Å². The summed E-state index contributed by atoms with van der Waals surface area (Å²) >= 11 is 3.07. The second-order valence-electron chi connectivity index (χ2n) is 6.78. The molecule has 4 rings (SSSR count). The van der Waals surface area contributed by atoms with Gasteiger partial charge in [-0.1, -0.05) is 30.0 Å². The predicted molar refractivity (Wildman–Crippen MR) is 119 cm³/mol. The molecule has 0 radical (unpaired) electrons. The predicted octanol–water partition coefficient (Wildman–Crippen LogP) is 4.27. The summed E-state index contributed by atoms with van der Waals surface area (Å²) in [5.74, 6) is 1.20. The Kier molecular flexibility index (Phi) is 6.01. The van der Waals surface area contributed by atoms with Gasteiger partial charge in [0.2, 0.25) is 5.91 Å². The molecule has 0 unspecified atom stereocenters. The van der Waals surface area contributed by atoms with Gasteiger partial charge >= 0.3 is 0 Å². The minimum Gasteiger partial charge on any atom is -0.361 e. The molecule has 0 saturated carbocycles. The Balaban J connectivity index is 1.30. The van der Waals surface area contributed by atoms with E-state index in [-0.39, 0.29) is 5.91 Å². The molecule has 0 saturated heterocycles. The van der Waals surface area contributed by atoms with E-state index in [1.54, 1.807) is 11.3 Å². The van der Waals surface area contributed by atoms with Crippen LogP contribution in [0.4, 0.5) is 0 Å². The van der Waals surface area contributed by atoms with Gasteiger partial charge in [-0.25, -0.2) is 0 Å². The van der Waals surface area contributed by atoms with Crippen LogP contribution in [0.3, 0.4) is 0 Å². The fourth-order valence-electron chi connectivity index (χ4n) is 3.29. The zero-order chi connectivity index (χ0) is 20.2. The Bertz CT molecular complexity index is 1110. The van der Waals surface area contributed by atoms with Crippen molar-refractivity contribution in [1.29, 1.82) is 0 Å². The third kappa shape index (κ3) is 4.38. The number of thiophene rings is 1. The van der Waals surface area contributed by atoms with Crippen molar-refractivity contribution in [2.24, 2.45) is 0 Å². The van der Waals surface area contributed by atoms with Gasteiger partial charge in [-0.15, -0.1) is 21.5 Å². The Morgan fingerprint density at radius 3 is 3.00 bits per heavy atom. The van der Waals surface area contributed by atoms with Crippen LogP contribution in [-0.4, -0.2) is 38.0 Å². The first-order valence-corrected chi connectivity index (χ1v) is 11.5. The fourth-order valence-corrected chi connectivity index (χ4v) is 4.84. The first-order valence-electron chi connectivity index (χ1n) is 9.59. The summed E-state index contributed by atoms with van der Waals surface area (Å²) in [5.41, 5.74) is 3.60. The maximum Gasteiger partial charge on any atom is 0.230 e. The first kappa shape index (κ1) is 19.7. The van der Waals surface area contributed by atoms with Crippen LogP contribution >= 0.6 is 23.1 Å². The monoisotopic (exact) mass is 425 g/mol. The number of hydrogen-bond donors (Lipinski definition) is 2. The van der Waals surface area contributed by atoms with Gasteiger partial charge in [0.05, 0.1) is 10.6 Å². The SMILES string of the molecule is CCn1c(SCC(=O)NCCc2c[nH]c3cc(C)ccc23)nnc1-c1cccs1. The molecule has 0 bridgehead atoms. The second-order valence-corrected chi connectivity index (χ2v) is 8.67. The molecule has 0 aliphatic heterocycles. The summed E-state index contributed by atoms with van der Waals surface area (Å²) in [6, 6.07) is 10.4. The number of thioether (sulfide) groups is 1. The summed E-state index contributed by atoms with van der Waals surface area (Å²) in [4.78, 5) is 16.7. The van der Waals surface area contributed by atoms with Crippen molar-refractivity contribution < 1.29 is 4.79 Å². The van der Waals surface area contributed by atoms with Gasteiger partial charge in [0.25, 0.3) is 0 Å². The number of benzene rings is 1. The highest BCUT2D eigenvalue weighted by molar-refractivity contribution is 7.99. The zero-order valence-corrected chi connectivity index (χ0v) is 18.1. The molecule has 1 aromatic carbocycles. The van der Waals surface area contributed by atoms with E-state index in [2.05, 4.69) is 57.1 Å². The standard InChI is InChI=1S/C21H23N5OS2/c1-3-26-20(18-5-4-10-28-18)24-25-21(26)29-13-19(27)22-9-8-15-12-23-17-11-14(2)6-7-16(15)17/h4-7,10-12,23H,3,8-9,13H2,1-2H3,(H,22,27). The quantitative estimate of drug-likeness (QED) is 0.414. The van der Waals surface area contributed by atoms with Gasteiger partial charge in [0.1, 0.15) is 0 Å². The molecule has 0 aliphatic carbocycles. The van der Waals surface area contributed by atoms with E-state index in [0.29, 0.717) is 12.3 Å². The molecular weight excluding hydrogens is 402 g/mol. The summed E-state index contributed by atoms with van der Waals surface area (Å²) in [5, 5.41) is 15.6. The van der Waals surface area contributed by atoms with E-state index in [1.807, 2.05) is 23.7 Å². The smallest absolute Gasteiger partial charge is 0.230 e. The van der Waals surface area contributed by atoms with Gasteiger partial charge in [0, 0.05) is 30.2 Å². The van der Waals surface area contributed by atoms with Crippen molar-refractivity contribution in [2.75, 3.05) is 12.3 Å². The van der Waals surface area contributed by atoms with Crippen LogP contribution in [0.1, 0.15) is 18.1 Å². The number of aromatic amines is 1. The third-order valence-electron chi connectivity index (χ3n) is 4.75. The van der Waals surface area contributed by atoms with E-state index >= 15 is 0 Å². The Labute approximate surface area is 177 Å². The molecule has 6 nitrogen and oxygen atoms in total. The molecule has 150 valence electrons. The lowest BCUT2D eigenvalue weighted by molar-refractivity contribution is -0.118. The minimum atomic E-state index is 0.00834. The van der Waals surface area contributed by atoms with E-state index in [4.69, 9.17) is 0 Å². The van der Waals surface area contributed by atoms with Gasteiger partial charge in [0.15, 0.2) is 11.0 Å². The maximum absolute atomic E-state index is 12.3. The highest BCUT2D eigenvalue weighted by Crippen LogP contribution is 2.27. The van der Waals surface area contributed by atoms with E-state index in [9.17, 15) is 4.79 Å². The first-order chi connectivity index (χ1) is 14.2. The Morgan fingerprint density at radius 1 is 1.31 bits per heavy atom. The summed E-state index contributed by atoms with van der Waals surface area (Å²) in [6.45, 7) is 5.53. The van der Waals surface area contributed by atoms with Crippen LogP contribution in [0.15, 0.2) is 47.1 Å². The van der Waals surface area contributed by atoms with Crippen LogP contribution in [0.25, 0.3) is 21.6 Å². The van der Waals surface area contributed by atoms with Crippen molar-refractivity contribution in [3.05, 3.63) is 53.0 Å². The van der Waals surface area contributed by atoms with E-state index < -0.39 is 0 Å². The molecule has 1 amide bonds. The number of rotatable bonds is 8. The van der Waals surface area contributed by atoms with Crippen LogP contribution in [-0.2, 0) is 17.8 Å². The summed E-state index contributed by atoms with van der Waals surface area (Å²) < 4.78 is 2.05. The van der Waals surface area contributed by atoms with Gasteiger partial charge in [-0.05, 0) is 48.9 Å². The average Bonchev–Trinajstić information content (AvgIpc) is 3.45. The number of carbonyl (C=O) groups is 1. The molecule has 0 atom stereocenters. The minimum absolute atomic E-state index is 0.00834. The number of aryl methyl sites for hydroxylation is 1. The molecule has 3 heterocycles. The molecule has 8 heteroatoms. The lowest BCUT2D eigenvalue weighted by Gasteiger charge is -2.07. The number of aromatic nitrogens is 4. The number of nitrogens with zero attached hydrogens (tertiary/aromatic N) is 3. The molecule has 29 heavy (non-hydrogen) atoms. The van der Waals surface area contributed by atoms with Crippen LogP contribution in [0.2, 0.25) is 0 Å². The summed E-state index contributed by atoms with van der Waals surface area (Å²) in [6.07, 6.45) is 2.83. The van der Waals surface area contributed by atoms with E-state index in [0.717, 1.165) is 34.3 Å². The Hall–Kier alpha value is -2.58. The largest absolute Gasteiger partial charge is 0.361 e. The molecule has 3 aromatic heterocycles. The lowest BCUT2D eigenvalue weighted by Crippen LogP contribution is -2.27. The average molecular weight is 426 g/mol. The molecule has 0 fully saturated rings. The van der Waals surface area contributed by atoms with Crippen molar-refractivity contribution in [1.82, 2.24) is 25.1 Å². The molecular formula is C21H23N5OS2. The number of hydrogen-bond acceptors (Lipinski definition) is 5. The maximum atomic E-state index is 12.3. The highest BCUT2D eigenvalue weighted by Gasteiger charge is 2.15. The number of fused-ring (bicyclic) bond motifs is 1. The van der Waals surface area contributed by atoms with Crippen LogP contribution in [0.5, 0.6) is 0 Å². The lowest BCUT2D eigenvalue weighted by atomic mass is 10.1. The van der Waals surface area contributed by atoms with Crippen LogP contribution < -0.4 is 5.32 Å². The fraction of sp³-hybridized carbons (Fsp3) is 0.286. The Morgan fingerprint density at radius 2 is 2.21 bits per heavy atom. The van der Waals surface area contributed by atoms with Gasteiger partial charge < -0.3 is 14.9 Å². The van der Waals surface area contributed by atoms with Gasteiger partial charge in [-0.2, -0.15) is 0 Å². The van der Waals surface area contributed by atoms with Crippen molar-refractivity contribution in [3.63, 3.8) is 0 Å². The molecule has 2 N–H and O–H groups in total. The molecule has 0 aliphatic rings. The second kappa shape index (κ2) is 8.84. The number of carbonyl (C=O) groups excluding carboxylic acids is 1. The number of H-pyrrole nitrogens is 1. The highest BCUT2D eigenvalue weighted by atomic mass is 32.2. The van der Waals surface area contributed by atoms with Crippen LogP contribution in [0, 0.1) is 6.92 Å². The summed E-state index contributed by atoms with van der Waals surface area (Å²) in [7, 11) is 0. The number of amides is 1. The van der Waals surface area contributed by atoms with Crippen molar-refractivity contribution >= 4 is 39.9 Å². The van der Waals surface area contributed by atoms with Crippen molar-refractivity contribution in [3.8, 4) is 10.7 Å². The molecule has 0 spiro atoms. The molecule has 4 aromatic rings. The number of nitrogens with one attached hydrogen (secondary N) is 2. The topological polar surface area (TPSA) is 75.6 Å².